The molecule has 6 heteroatoms. The molecule has 0 bridgehead atoms. The van der Waals surface area contributed by atoms with Crippen molar-refractivity contribution < 1.29 is 0 Å². The summed E-state index contributed by atoms with van der Waals surface area (Å²) in [7, 11) is 0. The van der Waals surface area contributed by atoms with Crippen LogP contribution >= 0.6 is 11.3 Å². The molecule has 5 rings (SSSR count). The van der Waals surface area contributed by atoms with Crippen LogP contribution in [0.3, 0.4) is 0 Å². The van der Waals surface area contributed by atoms with Crippen LogP contribution in [0.4, 0.5) is 16.9 Å². The Labute approximate surface area is 199 Å². The van der Waals surface area contributed by atoms with Gasteiger partial charge in [0, 0.05) is 18.5 Å². The first-order chi connectivity index (χ1) is 16.1. The summed E-state index contributed by atoms with van der Waals surface area (Å²) in [4.78, 5) is 14.5. The molecule has 2 N–H and O–H groups in total. The summed E-state index contributed by atoms with van der Waals surface area (Å²) in [6.45, 7) is 4.52. The first-order valence-corrected chi connectivity index (χ1v) is 12.8. The maximum Gasteiger partial charge on any atom is 0.225 e. The third-order valence-corrected chi connectivity index (χ3v) is 7.39. The van der Waals surface area contributed by atoms with E-state index in [9.17, 15) is 0 Å². The molecule has 0 unspecified atom stereocenters. The highest BCUT2D eigenvalue weighted by molar-refractivity contribution is 7.22. The van der Waals surface area contributed by atoms with Crippen LogP contribution in [0.1, 0.15) is 56.4 Å². The lowest BCUT2D eigenvalue weighted by atomic mass is 9.87. The van der Waals surface area contributed by atoms with Crippen molar-refractivity contribution >= 4 is 38.5 Å². The van der Waals surface area contributed by atoms with Crippen molar-refractivity contribution in [3.63, 3.8) is 0 Å². The van der Waals surface area contributed by atoms with E-state index in [4.69, 9.17) is 15.0 Å². The van der Waals surface area contributed by atoms with Gasteiger partial charge in [-0.05, 0) is 61.3 Å². The van der Waals surface area contributed by atoms with E-state index in [2.05, 4.69) is 66.9 Å². The molecule has 1 fully saturated rings. The van der Waals surface area contributed by atoms with Gasteiger partial charge < -0.3 is 10.6 Å². The number of hydrogen-bond donors (Lipinski definition) is 2. The van der Waals surface area contributed by atoms with Crippen molar-refractivity contribution in [1.82, 2.24) is 15.0 Å². The van der Waals surface area contributed by atoms with E-state index < -0.39 is 0 Å². The van der Waals surface area contributed by atoms with Crippen LogP contribution in [0.5, 0.6) is 0 Å². The molecule has 0 saturated heterocycles. The van der Waals surface area contributed by atoms with Crippen molar-refractivity contribution in [2.24, 2.45) is 5.92 Å². The van der Waals surface area contributed by atoms with Gasteiger partial charge in [-0.3, -0.25) is 0 Å². The van der Waals surface area contributed by atoms with Gasteiger partial charge in [-0.2, -0.15) is 4.98 Å². The zero-order valence-electron chi connectivity index (χ0n) is 19.3. The number of thiazole rings is 1. The van der Waals surface area contributed by atoms with Crippen LogP contribution < -0.4 is 10.6 Å². The molecule has 1 saturated carbocycles. The van der Waals surface area contributed by atoms with Crippen molar-refractivity contribution in [2.75, 3.05) is 10.6 Å². The van der Waals surface area contributed by atoms with Crippen LogP contribution in [-0.4, -0.2) is 21.0 Å². The molecular formula is C27H31N5S. The maximum atomic E-state index is 4.87. The van der Waals surface area contributed by atoms with E-state index in [0.717, 1.165) is 40.9 Å². The van der Waals surface area contributed by atoms with Crippen LogP contribution in [0, 0.1) is 5.92 Å². The molecule has 0 spiro atoms. The second-order valence-corrected chi connectivity index (χ2v) is 10.2. The van der Waals surface area contributed by atoms with Crippen molar-refractivity contribution in [2.45, 2.75) is 58.4 Å². The van der Waals surface area contributed by atoms with Gasteiger partial charge in [-0.25, -0.2) is 9.97 Å². The average Bonchev–Trinajstić information content (AvgIpc) is 3.22. The molecule has 4 aromatic rings. The first kappa shape index (κ1) is 21.8. The highest BCUT2D eigenvalue weighted by atomic mass is 32.1. The third kappa shape index (κ3) is 5.50. The van der Waals surface area contributed by atoms with Crippen LogP contribution in [-0.2, 0) is 12.8 Å². The summed E-state index contributed by atoms with van der Waals surface area (Å²) in [5.74, 6) is 2.31. The summed E-state index contributed by atoms with van der Waals surface area (Å²) in [6, 6.07) is 19.5. The van der Waals surface area contributed by atoms with E-state index >= 15 is 0 Å². The van der Waals surface area contributed by atoms with Crippen LogP contribution in [0.15, 0.2) is 54.6 Å². The Morgan fingerprint density at radius 3 is 2.52 bits per heavy atom. The Morgan fingerprint density at radius 1 is 0.909 bits per heavy atom. The summed E-state index contributed by atoms with van der Waals surface area (Å²) >= 11 is 1.67. The quantitative estimate of drug-likeness (QED) is 0.314. The Bertz CT molecular complexity index is 1210. The smallest absolute Gasteiger partial charge is 0.225 e. The molecule has 2 aromatic heterocycles. The second-order valence-electron chi connectivity index (χ2n) is 9.13. The largest absolute Gasteiger partial charge is 0.351 e. The normalized spacial score (nSPS) is 18.4. The molecule has 1 aliphatic carbocycles. The summed E-state index contributed by atoms with van der Waals surface area (Å²) in [6.07, 6.45) is 6.67. The van der Waals surface area contributed by atoms with E-state index in [1.807, 2.05) is 12.1 Å². The Balaban J connectivity index is 1.41. The minimum atomic E-state index is 0.441. The van der Waals surface area contributed by atoms with Crippen molar-refractivity contribution in [3.05, 3.63) is 71.4 Å². The SMILES string of the molecule is CCc1ccc2nc(Nc3cc(Cc4ccccc4)nc(N[C@H]4CC[C@H](C)CC4)n3)sc2c1. The zero-order chi connectivity index (χ0) is 22.6. The number of nitrogens with one attached hydrogen (secondary N) is 2. The summed E-state index contributed by atoms with van der Waals surface area (Å²) in [5.41, 5.74) is 4.59. The fourth-order valence-electron chi connectivity index (χ4n) is 4.46. The van der Waals surface area contributed by atoms with Gasteiger partial charge >= 0.3 is 0 Å². The number of anilines is 3. The van der Waals surface area contributed by atoms with Gasteiger partial charge in [0.2, 0.25) is 5.95 Å². The summed E-state index contributed by atoms with van der Waals surface area (Å²) < 4.78 is 1.20. The third-order valence-electron chi connectivity index (χ3n) is 6.45. The minimum absolute atomic E-state index is 0.441. The number of rotatable bonds is 7. The molecule has 2 heterocycles. The molecule has 0 radical (unpaired) electrons. The Kier molecular flexibility index (Phi) is 6.53. The Hall–Kier alpha value is -2.99. The van der Waals surface area contributed by atoms with Gasteiger partial charge in [0.15, 0.2) is 5.13 Å². The zero-order valence-corrected chi connectivity index (χ0v) is 20.2. The van der Waals surface area contributed by atoms with E-state index in [1.165, 1.54) is 41.5 Å². The molecule has 1 aliphatic rings. The molecule has 33 heavy (non-hydrogen) atoms. The lowest BCUT2D eigenvalue weighted by Gasteiger charge is -2.27. The van der Waals surface area contributed by atoms with Crippen LogP contribution in [0.25, 0.3) is 10.2 Å². The van der Waals surface area contributed by atoms with Gasteiger partial charge in [-0.15, -0.1) is 0 Å². The van der Waals surface area contributed by atoms with E-state index in [0.29, 0.717) is 12.0 Å². The van der Waals surface area contributed by atoms with Crippen molar-refractivity contribution in [3.8, 4) is 0 Å². The molecule has 2 aromatic carbocycles. The minimum Gasteiger partial charge on any atom is -0.351 e. The summed E-state index contributed by atoms with van der Waals surface area (Å²) in [5, 5.41) is 7.94. The van der Waals surface area contributed by atoms with Crippen molar-refractivity contribution in [1.29, 1.82) is 0 Å². The second kappa shape index (κ2) is 9.87. The fraction of sp³-hybridized carbons (Fsp3) is 0.370. The lowest BCUT2D eigenvalue weighted by Crippen LogP contribution is -2.26. The van der Waals surface area contributed by atoms with Gasteiger partial charge in [-0.1, -0.05) is 61.6 Å². The standard InChI is InChI=1S/C27H31N5S/c1-3-19-11-14-23-24(16-19)33-27(30-23)32-25-17-22(15-20-7-5-4-6-8-20)29-26(31-25)28-21-12-9-18(2)10-13-21/h4-8,11,14,16-18,21H,3,9-10,12-13,15H2,1-2H3,(H2,28,29,30,31,32)/t18-,21-. The fourth-order valence-corrected chi connectivity index (χ4v) is 5.40. The maximum absolute atomic E-state index is 4.87. The van der Waals surface area contributed by atoms with Gasteiger partial charge in [0.05, 0.1) is 15.9 Å². The molecule has 5 nitrogen and oxygen atoms in total. The monoisotopic (exact) mass is 457 g/mol. The number of fused-ring (bicyclic) bond motifs is 1. The average molecular weight is 458 g/mol. The van der Waals surface area contributed by atoms with Gasteiger partial charge in [0.25, 0.3) is 0 Å². The van der Waals surface area contributed by atoms with Crippen LogP contribution in [0.2, 0.25) is 0 Å². The number of aromatic nitrogens is 3. The molecule has 0 aliphatic heterocycles. The highest BCUT2D eigenvalue weighted by Crippen LogP contribution is 2.30. The number of hydrogen-bond acceptors (Lipinski definition) is 6. The Morgan fingerprint density at radius 2 is 1.73 bits per heavy atom. The highest BCUT2D eigenvalue weighted by Gasteiger charge is 2.19. The topological polar surface area (TPSA) is 62.7 Å². The van der Waals surface area contributed by atoms with Gasteiger partial charge in [0.1, 0.15) is 5.82 Å². The number of nitrogens with zero attached hydrogens (tertiary/aromatic N) is 3. The molecule has 0 atom stereocenters. The van der Waals surface area contributed by atoms with E-state index in [-0.39, 0.29) is 0 Å². The first-order valence-electron chi connectivity index (χ1n) is 12.0. The number of aryl methyl sites for hydroxylation is 1. The van der Waals surface area contributed by atoms with E-state index in [1.54, 1.807) is 11.3 Å². The number of benzene rings is 2. The molecular weight excluding hydrogens is 426 g/mol. The predicted octanol–water partition coefficient (Wildman–Crippen LogP) is 6.97. The molecule has 170 valence electrons. The lowest BCUT2D eigenvalue weighted by molar-refractivity contribution is 0.360. The molecule has 0 amide bonds. The predicted molar refractivity (Wildman–Crippen MR) is 139 cm³/mol.